The third-order valence-corrected chi connectivity index (χ3v) is 3.67. The van der Waals surface area contributed by atoms with Gasteiger partial charge in [0.05, 0.1) is 11.8 Å². The summed E-state index contributed by atoms with van der Waals surface area (Å²) in [6, 6.07) is 0. The van der Waals surface area contributed by atoms with Gasteiger partial charge in [0.15, 0.2) is 0 Å². The molecule has 1 saturated heterocycles. The highest BCUT2D eigenvalue weighted by Crippen LogP contribution is 2.47. The van der Waals surface area contributed by atoms with Crippen molar-refractivity contribution in [3.63, 3.8) is 0 Å². The summed E-state index contributed by atoms with van der Waals surface area (Å²) >= 11 is 0. The zero-order chi connectivity index (χ0) is 14.0. The summed E-state index contributed by atoms with van der Waals surface area (Å²) in [4.78, 5) is 33.9. The third-order valence-electron chi connectivity index (χ3n) is 3.67. The summed E-state index contributed by atoms with van der Waals surface area (Å²) < 4.78 is 9.48. The van der Waals surface area contributed by atoms with E-state index in [9.17, 15) is 14.4 Å². The van der Waals surface area contributed by atoms with Crippen molar-refractivity contribution in [2.24, 2.45) is 23.7 Å². The fourth-order valence-electron chi connectivity index (χ4n) is 2.86. The average molecular weight is 264 g/mol. The van der Waals surface area contributed by atoms with Crippen molar-refractivity contribution >= 4 is 17.9 Å². The number of rotatable bonds is 4. The molecule has 0 N–H and O–H groups in total. The number of fused-ring (bicyclic) bond motifs is 1. The first-order valence-corrected chi connectivity index (χ1v) is 6.22. The number of carbonyl (C=O) groups excluding carboxylic acids is 3. The van der Waals surface area contributed by atoms with Crippen molar-refractivity contribution in [1.29, 1.82) is 0 Å². The standard InChI is InChI=1S/C14H16O5/c1-3-9-7-10(5-4-6-18-8(2)15)12-11(9)13(16)19-14(12)17/h3-5,9-12H,1,6-7H2,2H3/b5-4-. The van der Waals surface area contributed by atoms with Crippen LogP contribution in [-0.2, 0) is 23.9 Å². The van der Waals surface area contributed by atoms with E-state index in [1.165, 1.54) is 6.92 Å². The fourth-order valence-corrected chi connectivity index (χ4v) is 2.86. The Morgan fingerprint density at radius 2 is 2.00 bits per heavy atom. The fraction of sp³-hybridized carbons (Fsp3) is 0.500. The Hall–Kier alpha value is -1.91. The second-order valence-electron chi connectivity index (χ2n) is 4.82. The smallest absolute Gasteiger partial charge is 0.318 e. The lowest BCUT2D eigenvalue weighted by Gasteiger charge is -2.08. The molecule has 2 fully saturated rings. The van der Waals surface area contributed by atoms with Crippen LogP contribution in [0.15, 0.2) is 24.8 Å². The predicted octanol–water partition coefficient (Wildman–Crippen LogP) is 1.24. The molecule has 102 valence electrons. The monoisotopic (exact) mass is 264 g/mol. The molecule has 1 heterocycles. The van der Waals surface area contributed by atoms with E-state index in [2.05, 4.69) is 6.58 Å². The Morgan fingerprint density at radius 3 is 2.58 bits per heavy atom. The molecule has 0 bridgehead atoms. The Labute approximate surface area is 111 Å². The van der Waals surface area contributed by atoms with Crippen molar-refractivity contribution in [3.8, 4) is 0 Å². The molecule has 0 aromatic carbocycles. The van der Waals surface area contributed by atoms with E-state index in [0.717, 1.165) is 0 Å². The summed E-state index contributed by atoms with van der Waals surface area (Å²) in [6.07, 6.45) is 5.92. The Balaban J connectivity index is 2.05. The molecule has 0 aromatic rings. The van der Waals surface area contributed by atoms with Crippen molar-refractivity contribution in [2.45, 2.75) is 13.3 Å². The van der Waals surface area contributed by atoms with Gasteiger partial charge in [-0.3, -0.25) is 14.4 Å². The van der Waals surface area contributed by atoms with Gasteiger partial charge in [-0.25, -0.2) is 0 Å². The van der Waals surface area contributed by atoms with E-state index in [4.69, 9.17) is 9.47 Å². The summed E-state index contributed by atoms with van der Waals surface area (Å²) in [7, 11) is 0. The van der Waals surface area contributed by atoms with E-state index in [1.807, 2.05) is 6.08 Å². The van der Waals surface area contributed by atoms with Gasteiger partial charge in [0.2, 0.25) is 0 Å². The van der Waals surface area contributed by atoms with E-state index in [0.29, 0.717) is 6.42 Å². The minimum absolute atomic E-state index is 0.0349. The Bertz CT molecular complexity index is 451. The molecule has 5 nitrogen and oxygen atoms in total. The zero-order valence-electron chi connectivity index (χ0n) is 10.7. The number of cyclic esters (lactones) is 2. The molecule has 4 unspecified atom stereocenters. The third kappa shape index (κ3) is 2.59. The summed E-state index contributed by atoms with van der Waals surface area (Å²) in [5.41, 5.74) is 0. The SMILES string of the molecule is C=CC1CC(/C=C\COC(C)=O)C2C(=O)OC(=O)C12. The van der Waals surface area contributed by atoms with Gasteiger partial charge in [-0.05, 0) is 18.3 Å². The molecular formula is C14H16O5. The molecule has 2 aliphatic rings. The second kappa shape index (κ2) is 5.38. The Morgan fingerprint density at radius 1 is 1.37 bits per heavy atom. The summed E-state index contributed by atoms with van der Waals surface area (Å²) in [5, 5.41) is 0. The quantitative estimate of drug-likeness (QED) is 0.434. The maximum atomic E-state index is 11.7. The second-order valence-corrected chi connectivity index (χ2v) is 4.82. The first-order chi connectivity index (χ1) is 9.04. The van der Waals surface area contributed by atoms with Gasteiger partial charge in [0.1, 0.15) is 6.61 Å². The minimum Gasteiger partial charge on any atom is -0.462 e. The largest absolute Gasteiger partial charge is 0.462 e. The highest BCUT2D eigenvalue weighted by atomic mass is 16.6. The average Bonchev–Trinajstić information content (AvgIpc) is 2.85. The lowest BCUT2D eigenvalue weighted by Crippen LogP contribution is -2.19. The van der Waals surface area contributed by atoms with E-state index in [1.54, 1.807) is 12.2 Å². The van der Waals surface area contributed by atoms with Gasteiger partial charge >= 0.3 is 17.9 Å². The number of hydrogen-bond acceptors (Lipinski definition) is 5. The van der Waals surface area contributed by atoms with Gasteiger partial charge in [-0.1, -0.05) is 18.2 Å². The van der Waals surface area contributed by atoms with Crippen LogP contribution in [0.2, 0.25) is 0 Å². The van der Waals surface area contributed by atoms with Crippen LogP contribution in [0.25, 0.3) is 0 Å². The van der Waals surface area contributed by atoms with Gasteiger partial charge in [0.25, 0.3) is 0 Å². The van der Waals surface area contributed by atoms with Crippen LogP contribution >= 0.6 is 0 Å². The highest BCUT2D eigenvalue weighted by Gasteiger charge is 2.55. The molecule has 0 spiro atoms. The number of esters is 3. The van der Waals surface area contributed by atoms with Gasteiger partial charge < -0.3 is 9.47 Å². The number of ether oxygens (including phenoxy) is 2. The van der Waals surface area contributed by atoms with Crippen LogP contribution in [0.4, 0.5) is 0 Å². The van der Waals surface area contributed by atoms with Crippen LogP contribution in [0.5, 0.6) is 0 Å². The number of hydrogen-bond donors (Lipinski definition) is 0. The molecule has 2 rings (SSSR count). The first-order valence-electron chi connectivity index (χ1n) is 6.22. The number of allylic oxidation sites excluding steroid dienone is 2. The molecule has 0 amide bonds. The molecule has 0 radical (unpaired) electrons. The molecule has 5 heteroatoms. The molecule has 1 saturated carbocycles. The first kappa shape index (κ1) is 13.5. The lowest BCUT2D eigenvalue weighted by molar-refractivity contribution is -0.154. The topological polar surface area (TPSA) is 69.7 Å². The van der Waals surface area contributed by atoms with Crippen LogP contribution in [0.3, 0.4) is 0 Å². The predicted molar refractivity (Wildman–Crippen MR) is 65.6 cm³/mol. The van der Waals surface area contributed by atoms with Gasteiger partial charge in [-0.15, -0.1) is 6.58 Å². The van der Waals surface area contributed by atoms with Crippen molar-refractivity contribution in [3.05, 3.63) is 24.8 Å². The maximum Gasteiger partial charge on any atom is 0.318 e. The van der Waals surface area contributed by atoms with Crippen LogP contribution in [-0.4, -0.2) is 24.5 Å². The van der Waals surface area contributed by atoms with Gasteiger partial charge in [0, 0.05) is 6.92 Å². The lowest BCUT2D eigenvalue weighted by atomic mass is 9.89. The van der Waals surface area contributed by atoms with Gasteiger partial charge in [-0.2, -0.15) is 0 Å². The van der Waals surface area contributed by atoms with Crippen LogP contribution in [0.1, 0.15) is 13.3 Å². The van der Waals surface area contributed by atoms with E-state index < -0.39 is 23.8 Å². The van der Waals surface area contributed by atoms with Crippen LogP contribution < -0.4 is 0 Å². The summed E-state index contributed by atoms with van der Waals surface area (Å²) in [5.74, 6) is -2.20. The molecule has 19 heavy (non-hydrogen) atoms. The van der Waals surface area contributed by atoms with Crippen molar-refractivity contribution < 1.29 is 23.9 Å². The molecular weight excluding hydrogens is 248 g/mol. The molecule has 4 atom stereocenters. The van der Waals surface area contributed by atoms with Crippen molar-refractivity contribution in [1.82, 2.24) is 0 Å². The van der Waals surface area contributed by atoms with Crippen molar-refractivity contribution in [2.75, 3.05) is 6.61 Å². The summed E-state index contributed by atoms with van der Waals surface area (Å²) in [6.45, 7) is 5.21. The maximum absolute atomic E-state index is 11.7. The molecule has 1 aliphatic heterocycles. The van der Waals surface area contributed by atoms with Crippen LogP contribution in [0, 0.1) is 23.7 Å². The number of carbonyl (C=O) groups is 3. The van der Waals surface area contributed by atoms with E-state index >= 15 is 0 Å². The molecule has 0 aromatic heterocycles. The highest BCUT2D eigenvalue weighted by molar-refractivity contribution is 5.97. The zero-order valence-corrected chi connectivity index (χ0v) is 10.7. The minimum atomic E-state index is -0.457. The normalized spacial score (nSPS) is 33.3. The van der Waals surface area contributed by atoms with E-state index in [-0.39, 0.29) is 24.4 Å². The molecule has 1 aliphatic carbocycles. The Kier molecular flexibility index (Phi) is 3.83.